The fourth-order valence-electron chi connectivity index (χ4n) is 3.71. The molecule has 1 spiro atoms. The fraction of sp³-hybridized carbons (Fsp3) is 1.00. The zero-order chi connectivity index (χ0) is 12.6. The summed E-state index contributed by atoms with van der Waals surface area (Å²) in [7, 11) is 0. The molecule has 0 saturated carbocycles. The number of nitrogens with zero attached hydrogens (tertiary/aromatic N) is 1. The molecule has 3 atom stereocenters. The van der Waals surface area contributed by atoms with Crippen molar-refractivity contribution in [2.24, 2.45) is 5.41 Å². The first-order valence-corrected chi connectivity index (χ1v) is 7.75. The standard InChI is InChI=1S/C13H25N3OS/c17-12(11-7-10(18)8-15-11)16-5-2-13(3-6-16)1-4-14-9-13/h10-12,14-15,17-18H,1-9H2/t10-,11-,12+/m0/s1. The van der Waals surface area contributed by atoms with Crippen LogP contribution < -0.4 is 10.6 Å². The van der Waals surface area contributed by atoms with Gasteiger partial charge < -0.3 is 15.7 Å². The Morgan fingerprint density at radius 2 is 2.06 bits per heavy atom. The highest BCUT2D eigenvalue weighted by Gasteiger charge is 2.40. The van der Waals surface area contributed by atoms with Crippen molar-refractivity contribution in [2.75, 3.05) is 32.7 Å². The number of hydrogen-bond acceptors (Lipinski definition) is 5. The fourth-order valence-corrected chi connectivity index (χ4v) is 4.05. The van der Waals surface area contributed by atoms with Crippen LogP contribution in [0.2, 0.25) is 0 Å². The van der Waals surface area contributed by atoms with Gasteiger partial charge in [-0.15, -0.1) is 0 Å². The van der Waals surface area contributed by atoms with Gasteiger partial charge >= 0.3 is 0 Å². The van der Waals surface area contributed by atoms with E-state index in [1.54, 1.807) is 0 Å². The van der Waals surface area contributed by atoms with Crippen molar-refractivity contribution in [1.29, 1.82) is 0 Å². The van der Waals surface area contributed by atoms with Crippen molar-refractivity contribution < 1.29 is 5.11 Å². The van der Waals surface area contributed by atoms with Crippen LogP contribution in [0.3, 0.4) is 0 Å². The average Bonchev–Trinajstić information content (AvgIpc) is 3.00. The molecule has 0 aromatic rings. The number of hydrogen-bond donors (Lipinski definition) is 4. The Bertz CT molecular complexity index is 286. The molecule has 18 heavy (non-hydrogen) atoms. The van der Waals surface area contributed by atoms with Gasteiger partial charge in [0.2, 0.25) is 0 Å². The molecule has 0 unspecified atom stereocenters. The van der Waals surface area contributed by atoms with Crippen LogP contribution in [0, 0.1) is 5.41 Å². The van der Waals surface area contributed by atoms with E-state index in [1.165, 1.54) is 32.4 Å². The molecule has 0 aliphatic carbocycles. The number of piperidine rings is 1. The van der Waals surface area contributed by atoms with E-state index in [2.05, 4.69) is 28.2 Å². The number of nitrogens with one attached hydrogen (secondary N) is 2. The Morgan fingerprint density at radius 3 is 2.61 bits per heavy atom. The van der Waals surface area contributed by atoms with Gasteiger partial charge in [0.1, 0.15) is 6.23 Å². The summed E-state index contributed by atoms with van der Waals surface area (Å²) in [6, 6.07) is 0.211. The zero-order valence-corrected chi connectivity index (χ0v) is 11.8. The molecule has 5 heteroatoms. The van der Waals surface area contributed by atoms with Crippen molar-refractivity contribution in [3.05, 3.63) is 0 Å². The Balaban J connectivity index is 1.52. The second kappa shape index (κ2) is 5.29. The van der Waals surface area contributed by atoms with Crippen molar-refractivity contribution in [1.82, 2.24) is 15.5 Å². The van der Waals surface area contributed by atoms with Gasteiger partial charge in [-0.3, -0.25) is 4.90 Å². The van der Waals surface area contributed by atoms with E-state index in [1.807, 2.05) is 0 Å². The Kier molecular flexibility index (Phi) is 3.87. The highest BCUT2D eigenvalue weighted by molar-refractivity contribution is 7.81. The van der Waals surface area contributed by atoms with E-state index < -0.39 is 0 Å². The molecule has 0 bridgehead atoms. The largest absolute Gasteiger partial charge is 0.377 e. The predicted octanol–water partition coefficient (Wildman–Crippen LogP) is 0.0406. The summed E-state index contributed by atoms with van der Waals surface area (Å²) in [5.41, 5.74) is 0.533. The predicted molar refractivity (Wildman–Crippen MR) is 75.9 cm³/mol. The summed E-state index contributed by atoms with van der Waals surface area (Å²) in [5.74, 6) is 0. The van der Waals surface area contributed by atoms with Crippen LogP contribution in [-0.4, -0.2) is 60.2 Å². The quantitative estimate of drug-likeness (QED) is 0.536. The van der Waals surface area contributed by atoms with Crippen LogP contribution in [0.4, 0.5) is 0 Å². The first-order valence-electron chi connectivity index (χ1n) is 7.23. The van der Waals surface area contributed by atoms with Gasteiger partial charge in [-0.1, -0.05) is 0 Å². The number of thiol groups is 1. The Morgan fingerprint density at radius 1 is 1.28 bits per heavy atom. The maximum Gasteiger partial charge on any atom is 0.122 e. The van der Waals surface area contributed by atoms with Crippen molar-refractivity contribution in [2.45, 2.75) is 43.2 Å². The molecule has 3 aliphatic heterocycles. The summed E-state index contributed by atoms with van der Waals surface area (Å²) in [5, 5.41) is 17.7. The molecule has 3 heterocycles. The van der Waals surface area contributed by atoms with Crippen LogP contribution >= 0.6 is 12.6 Å². The van der Waals surface area contributed by atoms with Crippen LogP contribution in [0.15, 0.2) is 0 Å². The molecule has 104 valence electrons. The number of rotatable bonds is 2. The minimum Gasteiger partial charge on any atom is -0.377 e. The lowest BCUT2D eigenvalue weighted by atomic mass is 9.77. The van der Waals surface area contributed by atoms with E-state index >= 15 is 0 Å². The smallest absolute Gasteiger partial charge is 0.122 e. The highest BCUT2D eigenvalue weighted by Crippen LogP contribution is 2.37. The molecule has 3 fully saturated rings. The highest BCUT2D eigenvalue weighted by atomic mass is 32.1. The van der Waals surface area contributed by atoms with E-state index in [9.17, 15) is 5.11 Å². The normalized spacial score (nSPS) is 38.3. The number of likely N-dealkylation sites (tertiary alicyclic amines) is 1. The third-order valence-electron chi connectivity index (χ3n) is 5.07. The van der Waals surface area contributed by atoms with Gasteiger partial charge in [0.15, 0.2) is 0 Å². The van der Waals surface area contributed by atoms with Crippen molar-refractivity contribution >= 4 is 12.6 Å². The molecule has 3 rings (SSSR count). The molecule has 0 aromatic heterocycles. The van der Waals surface area contributed by atoms with Gasteiger partial charge in [-0.2, -0.15) is 12.6 Å². The minimum atomic E-state index is -0.325. The average molecular weight is 271 g/mol. The minimum absolute atomic E-state index is 0.211. The molecule has 3 saturated heterocycles. The van der Waals surface area contributed by atoms with Gasteiger partial charge in [-0.25, -0.2) is 0 Å². The zero-order valence-electron chi connectivity index (χ0n) is 10.9. The molecule has 0 aromatic carbocycles. The summed E-state index contributed by atoms with van der Waals surface area (Å²) in [6.45, 7) is 5.36. The summed E-state index contributed by atoms with van der Waals surface area (Å²) < 4.78 is 0. The topological polar surface area (TPSA) is 47.5 Å². The lowest BCUT2D eigenvalue weighted by molar-refractivity contribution is -0.0490. The first kappa shape index (κ1) is 13.2. The Labute approximate surface area is 115 Å². The summed E-state index contributed by atoms with van der Waals surface area (Å²) >= 11 is 4.48. The van der Waals surface area contributed by atoms with E-state index in [-0.39, 0.29) is 12.3 Å². The molecule has 0 amide bonds. The SMILES string of the molecule is O[C@H]([C@@H]1C[C@H](S)CN1)N1CCC2(CCNC2)CC1. The lowest BCUT2D eigenvalue weighted by Crippen LogP contribution is -2.52. The van der Waals surface area contributed by atoms with Crippen LogP contribution in [0.5, 0.6) is 0 Å². The van der Waals surface area contributed by atoms with Gasteiger partial charge in [0.25, 0.3) is 0 Å². The second-order valence-electron chi connectivity index (χ2n) is 6.28. The van der Waals surface area contributed by atoms with E-state index in [4.69, 9.17) is 0 Å². The first-order chi connectivity index (χ1) is 8.69. The van der Waals surface area contributed by atoms with Crippen LogP contribution in [0.1, 0.15) is 25.7 Å². The number of aliphatic hydroxyl groups is 1. The summed E-state index contributed by atoms with van der Waals surface area (Å²) in [4.78, 5) is 2.26. The molecular formula is C13H25N3OS. The van der Waals surface area contributed by atoms with Crippen molar-refractivity contribution in [3.8, 4) is 0 Å². The molecule has 0 radical (unpaired) electrons. The van der Waals surface area contributed by atoms with Crippen molar-refractivity contribution in [3.63, 3.8) is 0 Å². The second-order valence-corrected chi connectivity index (χ2v) is 7.01. The molecule has 3 N–H and O–H groups in total. The maximum absolute atomic E-state index is 10.4. The van der Waals surface area contributed by atoms with Gasteiger partial charge in [0.05, 0.1) is 0 Å². The lowest BCUT2D eigenvalue weighted by Gasteiger charge is -2.42. The van der Waals surface area contributed by atoms with Gasteiger partial charge in [0, 0.05) is 37.5 Å². The van der Waals surface area contributed by atoms with E-state index in [0.29, 0.717) is 10.7 Å². The Hall–Kier alpha value is 0.190. The number of aliphatic hydroxyl groups excluding tert-OH is 1. The van der Waals surface area contributed by atoms with Crippen LogP contribution in [0.25, 0.3) is 0 Å². The summed E-state index contributed by atoms with van der Waals surface area (Å²) in [6.07, 6.45) is 4.43. The third kappa shape index (κ3) is 2.56. The molecule has 4 nitrogen and oxygen atoms in total. The molecular weight excluding hydrogens is 246 g/mol. The van der Waals surface area contributed by atoms with Gasteiger partial charge in [-0.05, 0) is 37.6 Å². The maximum atomic E-state index is 10.4. The molecule has 3 aliphatic rings. The van der Waals surface area contributed by atoms with E-state index in [0.717, 1.165) is 26.1 Å². The third-order valence-corrected chi connectivity index (χ3v) is 5.46. The monoisotopic (exact) mass is 271 g/mol. The van der Waals surface area contributed by atoms with Crippen LogP contribution in [-0.2, 0) is 0 Å².